The summed E-state index contributed by atoms with van der Waals surface area (Å²) in [7, 11) is 0. The van der Waals surface area contributed by atoms with Crippen molar-refractivity contribution in [3.8, 4) is 0 Å². The highest BCUT2D eigenvalue weighted by molar-refractivity contribution is 5.36. The maximum absolute atomic E-state index is 9.50. The highest BCUT2D eigenvalue weighted by Gasteiger charge is 2.36. The molecule has 144 valence electrons. The maximum atomic E-state index is 9.50. The molecule has 0 heterocycles. The lowest BCUT2D eigenvalue weighted by atomic mass is 9.82. The molecule has 1 fully saturated rings. The second-order valence-corrected chi connectivity index (χ2v) is 8.39. The monoisotopic (exact) mass is 357 g/mol. The first-order valence-corrected chi connectivity index (χ1v) is 10.4. The summed E-state index contributed by atoms with van der Waals surface area (Å²) in [5.41, 5.74) is 10.3. The number of benzene rings is 1. The normalized spacial score (nSPS) is 28.6. The second-order valence-electron chi connectivity index (χ2n) is 8.39. The van der Waals surface area contributed by atoms with Crippen LogP contribution in [-0.2, 0) is 17.6 Å². The van der Waals surface area contributed by atoms with Gasteiger partial charge in [-0.15, -0.1) is 0 Å². The molecule has 0 aromatic heterocycles. The van der Waals surface area contributed by atoms with Gasteiger partial charge in [0.05, 0.1) is 19.8 Å². The Balaban J connectivity index is 1.51. The third kappa shape index (κ3) is 4.97. The lowest BCUT2D eigenvalue weighted by Gasteiger charge is -2.26. The van der Waals surface area contributed by atoms with Crippen molar-refractivity contribution in [2.75, 3.05) is 19.8 Å². The van der Waals surface area contributed by atoms with E-state index in [2.05, 4.69) is 37.3 Å². The SMILES string of the molecule is CCC/C=C\COC[C@@H]1CCc2cc([C@H]3CC[C@](N)(CO)C3)ccc2C1. The molecule has 0 bridgehead atoms. The van der Waals surface area contributed by atoms with Crippen molar-refractivity contribution in [2.45, 2.75) is 69.7 Å². The van der Waals surface area contributed by atoms with Gasteiger partial charge in [-0.3, -0.25) is 0 Å². The molecule has 0 radical (unpaired) electrons. The summed E-state index contributed by atoms with van der Waals surface area (Å²) in [6.45, 7) is 3.91. The third-order valence-electron chi connectivity index (χ3n) is 6.18. The summed E-state index contributed by atoms with van der Waals surface area (Å²) in [5, 5.41) is 9.50. The van der Waals surface area contributed by atoms with Gasteiger partial charge in [0.15, 0.2) is 0 Å². The quantitative estimate of drug-likeness (QED) is 0.543. The van der Waals surface area contributed by atoms with Crippen molar-refractivity contribution >= 4 is 0 Å². The summed E-state index contributed by atoms with van der Waals surface area (Å²) in [6, 6.07) is 7.03. The van der Waals surface area contributed by atoms with E-state index in [1.807, 2.05) is 0 Å². The lowest BCUT2D eigenvalue weighted by molar-refractivity contribution is 0.116. The largest absolute Gasteiger partial charge is 0.394 e. The van der Waals surface area contributed by atoms with Gasteiger partial charge in [-0.2, -0.15) is 0 Å². The molecule has 3 N–H and O–H groups in total. The van der Waals surface area contributed by atoms with E-state index in [9.17, 15) is 5.11 Å². The fourth-order valence-electron chi connectivity index (χ4n) is 4.49. The van der Waals surface area contributed by atoms with E-state index >= 15 is 0 Å². The number of ether oxygens (including phenoxy) is 1. The minimum atomic E-state index is -0.366. The van der Waals surface area contributed by atoms with Crippen LogP contribution in [0.5, 0.6) is 0 Å². The molecule has 3 heteroatoms. The number of fused-ring (bicyclic) bond motifs is 1. The van der Waals surface area contributed by atoms with Gasteiger partial charge in [0.2, 0.25) is 0 Å². The first-order chi connectivity index (χ1) is 12.6. The van der Waals surface area contributed by atoms with Crippen LogP contribution in [0.3, 0.4) is 0 Å². The highest BCUT2D eigenvalue weighted by atomic mass is 16.5. The number of unbranched alkanes of at least 4 members (excludes halogenated alkanes) is 1. The zero-order valence-corrected chi connectivity index (χ0v) is 16.3. The van der Waals surface area contributed by atoms with E-state index in [1.54, 1.807) is 0 Å². The Hall–Kier alpha value is -1.16. The number of aliphatic hydroxyl groups is 1. The fourth-order valence-corrected chi connectivity index (χ4v) is 4.49. The van der Waals surface area contributed by atoms with E-state index in [-0.39, 0.29) is 12.1 Å². The number of aliphatic hydroxyl groups excluding tert-OH is 1. The minimum absolute atomic E-state index is 0.101. The Morgan fingerprint density at radius 3 is 2.92 bits per heavy atom. The molecule has 3 nitrogen and oxygen atoms in total. The highest BCUT2D eigenvalue weighted by Crippen LogP contribution is 2.40. The zero-order valence-electron chi connectivity index (χ0n) is 16.3. The summed E-state index contributed by atoms with van der Waals surface area (Å²) >= 11 is 0. The molecule has 3 atom stereocenters. The third-order valence-corrected chi connectivity index (χ3v) is 6.18. The van der Waals surface area contributed by atoms with Gasteiger partial charge in [0.25, 0.3) is 0 Å². The predicted octanol–water partition coefficient (Wildman–Crippen LogP) is 4.12. The number of rotatable bonds is 8. The van der Waals surface area contributed by atoms with Gasteiger partial charge in [0.1, 0.15) is 0 Å². The summed E-state index contributed by atoms with van der Waals surface area (Å²) in [5.74, 6) is 1.15. The molecular formula is C23H35NO2. The van der Waals surface area contributed by atoms with Crippen LogP contribution in [0.25, 0.3) is 0 Å². The van der Waals surface area contributed by atoms with Crippen LogP contribution in [0.2, 0.25) is 0 Å². The molecule has 3 rings (SSSR count). The van der Waals surface area contributed by atoms with Crippen molar-refractivity contribution in [1.82, 2.24) is 0 Å². The van der Waals surface area contributed by atoms with Crippen LogP contribution in [0, 0.1) is 5.92 Å². The van der Waals surface area contributed by atoms with E-state index in [0.29, 0.717) is 11.8 Å². The van der Waals surface area contributed by atoms with E-state index in [4.69, 9.17) is 10.5 Å². The van der Waals surface area contributed by atoms with Gasteiger partial charge in [-0.05, 0) is 73.5 Å². The molecule has 0 amide bonds. The smallest absolute Gasteiger partial charge is 0.0647 e. The first-order valence-electron chi connectivity index (χ1n) is 10.4. The van der Waals surface area contributed by atoms with E-state index in [1.165, 1.54) is 29.5 Å². The molecule has 2 aliphatic rings. The number of hydrogen-bond acceptors (Lipinski definition) is 3. The van der Waals surface area contributed by atoms with E-state index < -0.39 is 0 Å². The molecule has 2 aliphatic carbocycles. The molecule has 1 aromatic rings. The Labute approximate surface area is 158 Å². The second kappa shape index (κ2) is 9.16. The van der Waals surface area contributed by atoms with Gasteiger partial charge in [-0.25, -0.2) is 0 Å². The molecule has 0 spiro atoms. The van der Waals surface area contributed by atoms with E-state index in [0.717, 1.165) is 51.7 Å². The van der Waals surface area contributed by atoms with Gasteiger partial charge in [0, 0.05) is 5.54 Å². The predicted molar refractivity (Wildman–Crippen MR) is 107 cm³/mol. The van der Waals surface area contributed by atoms with Crippen molar-refractivity contribution in [3.05, 3.63) is 47.0 Å². The Bertz CT molecular complexity index is 612. The Kier molecular flexibility index (Phi) is 6.91. The van der Waals surface area contributed by atoms with Gasteiger partial charge < -0.3 is 15.6 Å². The summed E-state index contributed by atoms with van der Waals surface area (Å²) < 4.78 is 5.85. The molecule has 1 aromatic carbocycles. The van der Waals surface area contributed by atoms with Crippen molar-refractivity contribution in [3.63, 3.8) is 0 Å². The maximum Gasteiger partial charge on any atom is 0.0647 e. The molecule has 0 unspecified atom stereocenters. The molecule has 26 heavy (non-hydrogen) atoms. The van der Waals surface area contributed by atoms with Crippen molar-refractivity contribution < 1.29 is 9.84 Å². The molecule has 1 saturated carbocycles. The average molecular weight is 358 g/mol. The number of allylic oxidation sites excluding steroid dienone is 1. The van der Waals surface area contributed by atoms with Crippen LogP contribution >= 0.6 is 0 Å². The number of nitrogens with two attached hydrogens (primary N) is 1. The summed E-state index contributed by atoms with van der Waals surface area (Å²) in [6.07, 6.45) is 13.2. The van der Waals surface area contributed by atoms with Gasteiger partial charge in [-0.1, -0.05) is 43.7 Å². The average Bonchev–Trinajstić information content (AvgIpc) is 3.07. The van der Waals surface area contributed by atoms with Crippen LogP contribution in [0.1, 0.15) is 68.1 Å². The first kappa shape index (κ1) is 19.6. The molecule has 0 saturated heterocycles. The van der Waals surface area contributed by atoms with Crippen LogP contribution < -0.4 is 5.73 Å². The lowest BCUT2D eigenvalue weighted by Crippen LogP contribution is -2.40. The molecular weight excluding hydrogens is 322 g/mol. The fraction of sp³-hybridized carbons (Fsp3) is 0.652. The Morgan fingerprint density at radius 2 is 2.15 bits per heavy atom. The van der Waals surface area contributed by atoms with Crippen LogP contribution in [0.4, 0.5) is 0 Å². The molecule has 0 aliphatic heterocycles. The van der Waals surface area contributed by atoms with Crippen LogP contribution in [0.15, 0.2) is 30.4 Å². The summed E-state index contributed by atoms with van der Waals surface area (Å²) in [4.78, 5) is 0. The Morgan fingerprint density at radius 1 is 1.27 bits per heavy atom. The van der Waals surface area contributed by atoms with Crippen LogP contribution in [-0.4, -0.2) is 30.5 Å². The van der Waals surface area contributed by atoms with Crippen molar-refractivity contribution in [1.29, 1.82) is 0 Å². The number of aryl methyl sites for hydroxylation is 1. The standard InChI is InChI=1S/C23H35NO2/c1-2-3-4-5-12-26-16-18-6-7-20-14-21(9-8-19(20)13-18)22-10-11-23(24,15-22)17-25/h4-5,8-9,14,18,22,25H,2-3,6-7,10-13,15-17,24H2,1H3/b5-4-/t18-,22+,23-/m1/s1. The minimum Gasteiger partial charge on any atom is -0.394 e. The zero-order chi connectivity index (χ0) is 18.4. The topological polar surface area (TPSA) is 55.5 Å². The number of hydrogen-bond donors (Lipinski definition) is 2. The van der Waals surface area contributed by atoms with Crippen molar-refractivity contribution in [2.24, 2.45) is 11.7 Å². The van der Waals surface area contributed by atoms with Gasteiger partial charge >= 0.3 is 0 Å².